The lowest BCUT2D eigenvalue weighted by molar-refractivity contribution is -0.137. The van der Waals surface area contributed by atoms with Crippen LogP contribution in [-0.2, 0) is 17.9 Å². The van der Waals surface area contributed by atoms with Crippen LogP contribution in [0.4, 0.5) is 0 Å². The maximum atomic E-state index is 12.9. The molecule has 0 saturated carbocycles. The van der Waals surface area contributed by atoms with E-state index in [4.69, 9.17) is 8.94 Å². The molecular formula is C21H24N4O3. The van der Waals surface area contributed by atoms with Gasteiger partial charge in [-0.3, -0.25) is 9.69 Å². The highest BCUT2D eigenvalue weighted by Gasteiger charge is 2.29. The quantitative estimate of drug-likeness (QED) is 0.654. The van der Waals surface area contributed by atoms with Gasteiger partial charge in [0.1, 0.15) is 5.76 Å². The predicted octanol–water partition coefficient (Wildman–Crippen LogP) is 3.20. The molecule has 1 atom stereocenters. The molecule has 0 bridgehead atoms. The summed E-state index contributed by atoms with van der Waals surface area (Å²) in [5.41, 5.74) is 0.896. The SMILES string of the molecule is CN(Cc1nc(-c2ccccc2)no1)C(=O)[C@H]1CCCN(Cc2ccco2)C1. The first-order chi connectivity index (χ1) is 13.7. The molecule has 1 fully saturated rings. The Morgan fingerprint density at radius 1 is 1.25 bits per heavy atom. The monoisotopic (exact) mass is 380 g/mol. The summed E-state index contributed by atoms with van der Waals surface area (Å²) in [6, 6.07) is 13.5. The van der Waals surface area contributed by atoms with Gasteiger partial charge in [-0.2, -0.15) is 4.98 Å². The minimum absolute atomic E-state index is 0.0229. The molecule has 146 valence electrons. The molecule has 4 rings (SSSR count). The van der Waals surface area contributed by atoms with Gasteiger partial charge in [0.05, 0.1) is 25.3 Å². The third-order valence-corrected chi connectivity index (χ3v) is 5.06. The fourth-order valence-corrected chi connectivity index (χ4v) is 3.64. The van der Waals surface area contributed by atoms with Crippen molar-refractivity contribution in [2.75, 3.05) is 20.1 Å². The first kappa shape index (κ1) is 18.4. The molecule has 7 nitrogen and oxygen atoms in total. The number of furan rings is 1. The summed E-state index contributed by atoms with van der Waals surface area (Å²) in [6.07, 6.45) is 3.59. The number of piperidine rings is 1. The van der Waals surface area contributed by atoms with Crippen LogP contribution in [0.5, 0.6) is 0 Å². The fraction of sp³-hybridized carbons (Fsp3) is 0.381. The Hall–Kier alpha value is -2.93. The van der Waals surface area contributed by atoms with Gasteiger partial charge < -0.3 is 13.8 Å². The van der Waals surface area contributed by atoms with Crippen LogP contribution >= 0.6 is 0 Å². The van der Waals surface area contributed by atoms with Gasteiger partial charge in [-0.15, -0.1) is 0 Å². The van der Waals surface area contributed by atoms with Crippen LogP contribution < -0.4 is 0 Å². The predicted molar refractivity (Wildman–Crippen MR) is 103 cm³/mol. The number of aromatic nitrogens is 2. The molecule has 28 heavy (non-hydrogen) atoms. The standard InChI is InChI=1S/C21H24N4O3/c1-24(15-19-22-20(23-28-19)16-7-3-2-4-8-16)21(26)17-9-5-11-25(13-17)14-18-10-6-12-27-18/h2-4,6-8,10,12,17H,5,9,11,13-15H2,1H3/t17-/m0/s1. The summed E-state index contributed by atoms with van der Waals surface area (Å²) in [4.78, 5) is 21.3. The third kappa shape index (κ3) is 4.31. The third-order valence-electron chi connectivity index (χ3n) is 5.06. The van der Waals surface area contributed by atoms with Gasteiger partial charge in [0.25, 0.3) is 0 Å². The highest BCUT2D eigenvalue weighted by Crippen LogP contribution is 2.21. The zero-order valence-electron chi connectivity index (χ0n) is 16.0. The Bertz CT molecular complexity index is 892. The van der Waals surface area contributed by atoms with Gasteiger partial charge in [0, 0.05) is 19.2 Å². The van der Waals surface area contributed by atoms with Crippen LogP contribution in [0.1, 0.15) is 24.5 Å². The summed E-state index contributed by atoms with van der Waals surface area (Å²) in [5.74, 6) is 2.01. The minimum atomic E-state index is -0.0229. The molecule has 2 aromatic heterocycles. The molecule has 7 heteroatoms. The Morgan fingerprint density at radius 2 is 2.11 bits per heavy atom. The number of hydrogen-bond acceptors (Lipinski definition) is 6. The Balaban J connectivity index is 1.35. The second-order valence-corrected chi connectivity index (χ2v) is 7.23. The van der Waals surface area contributed by atoms with E-state index in [1.54, 1.807) is 18.2 Å². The fourth-order valence-electron chi connectivity index (χ4n) is 3.64. The minimum Gasteiger partial charge on any atom is -0.468 e. The van der Waals surface area contributed by atoms with Gasteiger partial charge in [-0.1, -0.05) is 35.5 Å². The molecule has 1 aromatic carbocycles. The number of rotatable bonds is 6. The molecule has 1 aliphatic heterocycles. The maximum absolute atomic E-state index is 12.9. The topological polar surface area (TPSA) is 75.6 Å². The van der Waals surface area contributed by atoms with Gasteiger partial charge in [0.15, 0.2) is 0 Å². The number of carbonyl (C=O) groups excluding carboxylic acids is 1. The van der Waals surface area contributed by atoms with Crippen molar-refractivity contribution in [1.82, 2.24) is 19.9 Å². The lowest BCUT2D eigenvalue weighted by Crippen LogP contribution is -2.43. The second kappa shape index (κ2) is 8.39. The summed E-state index contributed by atoms with van der Waals surface area (Å²) in [5, 5.41) is 4.02. The molecule has 0 aliphatic carbocycles. The van der Waals surface area contributed by atoms with Crippen molar-refractivity contribution >= 4 is 5.91 Å². The number of hydrogen-bond donors (Lipinski definition) is 0. The van der Waals surface area contributed by atoms with Crippen molar-refractivity contribution in [2.45, 2.75) is 25.9 Å². The molecule has 1 saturated heterocycles. The molecule has 0 unspecified atom stereocenters. The first-order valence-corrected chi connectivity index (χ1v) is 9.57. The van der Waals surface area contributed by atoms with Crippen molar-refractivity contribution in [3.05, 3.63) is 60.4 Å². The van der Waals surface area contributed by atoms with E-state index < -0.39 is 0 Å². The number of benzene rings is 1. The Kier molecular flexibility index (Phi) is 5.53. The van der Waals surface area contributed by atoms with E-state index >= 15 is 0 Å². The molecule has 0 spiro atoms. The lowest BCUT2D eigenvalue weighted by Gasteiger charge is -2.33. The van der Waals surface area contributed by atoms with E-state index in [9.17, 15) is 4.79 Å². The van der Waals surface area contributed by atoms with E-state index in [0.717, 1.165) is 43.8 Å². The lowest BCUT2D eigenvalue weighted by atomic mass is 9.96. The smallest absolute Gasteiger partial charge is 0.246 e. The highest BCUT2D eigenvalue weighted by molar-refractivity contribution is 5.78. The van der Waals surface area contributed by atoms with Crippen LogP contribution in [0.15, 0.2) is 57.7 Å². The molecular weight excluding hydrogens is 356 g/mol. The number of nitrogens with zero attached hydrogens (tertiary/aromatic N) is 4. The molecule has 0 N–H and O–H groups in total. The summed E-state index contributed by atoms with van der Waals surface area (Å²) in [7, 11) is 1.79. The van der Waals surface area contributed by atoms with Crippen LogP contribution in [0.3, 0.4) is 0 Å². The van der Waals surface area contributed by atoms with Crippen molar-refractivity contribution in [2.24, 2.45) is 5.92 Å². The Labute approximate surface area is 163 Å². The van der Waals surface area contributed by atoms with E-state index in [0.29, 0.717) is 18.3 Å². The second-order valence-electron chi connectivity index (χ2n) is 7.23. The molecule has 3 heterocycles. The van der Waals surface area contributed by atoms with E-state index in [-0.39, 0.29) is 11.8 Å². The van der Waals surface area contributed by atoms with Crippen LogP contribution in [0, 0.1) is 5.92 Å². The van der Waals surface area contributed by atoms with Crippen LogP contribution in [0.2, 0.25) is 0 Å². The average molecular weight is 380 g/mol. The van der Waals surface area contributed by atoms with Gasteiger partial charge in [-0.25, -0.2) is 0 Å². The molecule has 1 aliphatic rings. The van der Waals surface area contributed by atoms with Crippen molar-refractivity contribution in [3.63, 3.8) is 0 Å². The maximum Gasteiger partial charge on any atom is 0.246 e. The van der Waals surface area contributed by atoms with Gasteiger partial charge in [0.2, 0.25) is 17.6 Å². The van der Waals surface area contributed by atoms with Gasteiger partial charge >= 0.3 is 0 Å². The van der Waals surface area contributed by atoms with Crippen molar-refractivity contribution in [1.29, 1.82) is 0 Å². The van der Waals surface area contributed by atoms with E-state index in [1.807, 2.05) is 42.5 Å². The Morgan fingerprint density at radius 3 is 2.89 bits per heavy atom. The largest absolute Gasteiger partial charge is 0.468 e. The van der Waals surface area contributed by atoms with E-state index in [1.165, 1.54) is 0 Å². The van der Waals surface area contributed by atoms with E-state index in [2.05, 4.69) is 15.0 Å². The van der Waals surface area contributed by atoms with Crippen LogP contribution in [0.25, 0.3) is 11.4 Å². The zero-order chi connectivity index (χ0) is 19.3. The molecule has 1 amide bonds. The number of likely N-dealkylation sites (tertiary alicyclic amines) is 1. The number of amides is 1. The van der Waals surface area contributed by atoms with Gasteiger partial charge in [-0.05, 0) is 31.5 Å². The number of carbonyl (C=O) groups is 1. The first-order valence-electron chi connectivity index (χ1n) is 9.57. The summed E-state index contributed by atoms with van der Waals surface area (Å²) in [6.45, 7) is 2.78. The molecule has 3 aromatic rings. The normalized spacial score (nSPS) is 17.5. The zero-order valence-corrected chi connectivity index (χ0v) is 16.0. The molecule has 0 radical (unpaired) electrons. The summed E-state index contributed by atoms with van der Waals surface area (Å²) >= 11 is 0. The van der Waals surface area contributed by atoms with Crippen LogP contribution in [-0.4, -0.2) is 46.0 Å². The van der Waals surface area contributed by atoms with Crippen molar-refractivity contribution < 1.29 is 13.7 Å². The highest BCUT2D eigenvalue weighted by atomic mass is 16.5. The summed E-state index contributed by atoms with van der Waals surface area (Å²) < 4.78 is 10.8. The van der Waals surface area contributed by atoms with Crippen molar-refractivity contribution in [3.8, 4) is 11.4 Å². The average Bonchev–Trinajstić information content (AvgIpc) is 3.40.